The molecule has 138 valence electrons. The maximum absolute atomic E-state index is 12.4. The van der Waals surface area contributed by atoms with Crippen molar-refractivity contribution in [2.24, 2.45) is 0 Å². The molecule has 0 aromatic heterocycles. The first-order valence-electron chi connectivity index (χ1n) is 7.34. The molecule has 0 aliphatic rings. The van der Waals surface area contributed by atoms with Crippen molar-refractivity contribution in [3.63, 3.8) is 0 Å². The molecule has 2 aromatic carbocycles. The largest absolute Gasteiger partial charge is 0.434 e. The van der Waals surface area contributed by atoms with Crippen LogP contribution in [0.4, 0.5) is 14.5 Å². The van der Waals surface area contributed by atoms with E-state index in [1.165, 1.54) is 18.2 Å². The number of ether oxygens (including phenoxy) is 1. The molecule has 0 heterocycles. The number of nitrogens with zero attached hydrogens (tertiary/aromatic N) is 1. The second-order valence-electron chi connectivity index (χ2n) is 5.46. The zero-order valence-corrected chi connectivity index (χ0v) is 14.7. The van der Waals surface area contributed by atoms with Gasteiger partial charge >= 0.3 is 6.61 Å². The van der Waals surface area contributed by atoms with Crippen LogP contribution in [0.5, 0.6) is 5.75 Å². The van der Waals surface area contributed by atoms with Crippen LogP contribution in [-0.4, -0.2) is 20.0 Å². The van der Waals surface area contributed by atoms with E-state index in [4.69, 9.17) is 0 Å². The third kappa shape index (κ3) is 4.63. The summed E-state index contributed by atoms with van der Waals surface area (Å²) < 4.78 is 53.8. The third-order valence-electron chi connectivity index (χ3n) is 3.51. The molecule has 2 aromatic rings. The number of nitro benzene ring substituents is 1. The zero-order chi connectivity index (χ0) is 19.5. The summed E-state index contributed by atoms with van der Waals surface area (Å²) >= 11 is 0. The van der Waals surface area contributed by atoms with Crippen LogP contribution >= 0.6 is 0 Å². The second-order valence-corrected chi connectivity index (χ2v) is 7.29. The fraction of sp³-hybridized carbons (Fsp3) is 0.176. The first-order valence-corrected chi connectivity index (χ1v) is 8.88. The van der Waals surface area contributed by atoms with Crippen molar-refractivity contribution in [3.8, 4) is 5.75 Å². The lowest BCUT2D eigenvalue weighted by Gasteiger charge is -2.12. The predicted octanol–water partition coefficient (Wildman–Crippen LogP) is 4.26. The van der Waals surface area contributed by atoms with Gasteiger partial charge in [-0.1, -0.05) is 0 Å². The van der Waals surface area contributed by atoms with E-state index in [2.05, 4.69) is 4.74 Å². The van der Waals surface area contributed by atoms with Gasteiger partial charge in [-0.15, -0.1) is 0 Å². The Morgan fingerprint density at radius 3 is 2.12 bits per heavy atom. The number of nitro groups is 1. The van der Waals surface area contributed by atoms with Gasteiger partial charge in [-0.25, -0.2) is 8.42 Å². The van der Waals surface area contributed by atoms with Crippen molar-refractivity contribution in [1.29, 1.82) is 0 Å². The van der Waals surface area contributed by atoms with E-state index < -0.39 is 21.4 Å². The summed E-state index contributed by atoms with van der Waals surface area (Å²) in [4.78, 5) is 9.90. The van der Waals surface area contributed by atoms with Gasteiger partial charge in [0.05, 0.1) is 9.82 Å². The van der Waals surface area contributed by atoms with Crippen molar-refractivity contribution < 1.29 is 26.9 Å². The van der Waals surface area contributed by atoms with E-state index in [0.29, 0.717) is 16.7 Å². The molecule has 2 rings (SSSR count). The summed E-state index contributed by atoms with van der Waals surface area (Å²) in [6.07, 6.45) is 1.32. The monoisotopic (exact) mass is 383 g/mol. The minimum absolute atomic E-state index is 0.0513. The van der Waals surface area contributed by atoms with Gasteiger partial charge in [-0.3, -0.25) is 10.1 Å². The van der Waals surface area contributed by atoms with E-state index >= 15 is 0 Å². The molecular weight excluding hydrogens is 368 g/mol. The summed E-state index contributed by atoms with van der Waals surface area (Å²) in [7, 11) is -3.81. The number of halogens is 2. The van der Waals surface area contributed by atoms with E-state index in [9.17, 15) is 27.3 Å². The maximum atomic E-state index is 12.4. The topological polar surface area (TPSA) is 86.5 Å². The zero-order valence-electron chi connectivity index (χ0n) is 13.8. The summed E-state index contributed by atoms with van der Waals surface area (Å²) in [5.74, 6) is 0.0513. The highest BCUT2D eigenvalue weighted by Crippen LogP contribution is 2.27. The standard InChI is InChI=1S/C17H15F2NO5S/c1-11-9-13(10-12(2)16(11)25-17(18)19)7-8-26(23,24)15-5-3-14(4-6-15)20(21)22/h3-10,17H,1-2H3/b8-7+. The first kappa shape index (κ1) is 19.5. The van der Waals surface area contributed by atoms with Crippen molar-refractivity contribution in [1.82, 2.24) is 0 Å². The number of hydrogen-bond donors (Lipinski definition) is 0. The number of hydrogen-bond acceptors (Lipinski definition) is 5. The Morgan fingerprint density at radius 2 is 1.65 bits per heavy atom. The molecule has 0 aliphatic carbocycles. The van der Waals surface area contributed by atoms with Crippen molar-refractivity contribution in [2.75, 3.05) is 0 Å². The van der Waals surface area contributed by atoms with Gasteiger partial charge in [0.25, 0.3) is 5.69 Å². The molecule has 6 nitrogen and oxygen atoms in total. The Morgan fingerprint density at radius 1 is 1.12 bits per heavy atom. The Labute approximate surface area is 148 Å². The smallest absolute Gasteiger partial charge is 0.387 e. The third-order valence-corrected chi connectivity index (χ3v) is 4.93. The Hall–Kier alpha value is -2.81. The van der Waals surface area contributed by atoms with Gasteiger partial charge in [0, 0.05) is 17.5 Å². The highest BCUT2D eigenvalue weighted by molar-refractivity contribution is 7.94. The van der Waals surface area contributed by atoms with Crippen LogP contribution in [0.25, 0.3) is 6.08 Å². The van der Waals surface area contributed by atoms with Crippen LogP contribution in [0.3, 0.4) is 0 Å². The van der Waals surface area contributed by atoms with Crippen LogP contribution < -0.4 is 4.74 Å². The van der Waals surface area contributed by atoms with E-state index in [-0.39, 0.29) is 16.3 Å². The van der Waals surface area contributed by atoms with Crippen LogP contribution in [-0.2, 0) is 9.84 Å². The van der Waals surface area contributed by atoms with Crippen LogP contribution in [0.1, 0.15) is 16.7 Å². The fourth-order valence-electron chi connectivity index (χ4n) is 2.36. The normalized spacial score (nSPS) is 11.9. The molecule has 0 atom stereocenters. The molecule has 9 heteroatoms. The second kappa shape index (κ2) is 7.61. The first-order chi connectivity index (χ1) is 12.1. The molecule has 0 aliphatic heterocycles. The Balaban J connectivity index is 2.29. The molecule has 0 bridgehead atoms. The molecular formula is C17H15F2NO5S. The van der Waals surface area contributed by atoms with Gasteiger partial charge in [0.2, 0.25) is 0 Å². The van der Waals surface area contributed by atoms with Gasteiger partial charge in [-0.05, 0) is 60.9 Å². The van der Waals surface area contributed by atoms with Crippen LogP contribution in [0.15, 0.2) is 46.7 Å². The van der Waals surface area contributed by atoms with Crippen LogP contribution in [0, 0.1) is 24.0 Å². The molecule has 26 heavy (non-hydrogen) atoms. The molecule has 0 saturated carbocycles. The average molecular weight is 383 g/mol. The van der Waals surface area contributed by atoms with Gasteiger partial charge in [-0.2, -0.15) is 8.78 Å². The quantitative estimate of drug-likeness (QED) is 0.550. The van der Waals surface area contributed by atoms with Crippen LogP contribution in [0.2, 0.25) is 0 Å². The number of sulfone groups is 1. The van der Waals surface area contributed by atoms with Crippen molar-refractivity contribution >= 4 is 21.6 Å². The van der Waals surface area contributed by atoms with E-state index in [1.54, 1.807) is 13.8 Å². The predicted molar refractivity (Wildman–Crippen MR) is 91.9 cm³/mol. The maximum Gasteiger partial charge on any atom is 0.387 e. The molecule has 0 fully saturated rings. The summed E-state index contributed by atoms with van der Waals surface area (Å²) in [5, 5.41) is 11.6. The molecule has 0 radical (unpaired) electrons. The summed E-state index contributed by atoms with van der Waals surface area (Å²) in [5.41, 5.74) is 1.16. The SMILES string of the molecule is Cc1cc(/C=C/S(=O)(=O)c2ccc([N+](=O)[O-])cc2)cc(C)c1OC(F)F. The minimum atomic E-state index is -3.81. The highest BCUT2D eigenvalue weighted by Gasteiger charge is 2.14. The highest BCUT2D eigenvalue weighted by atomic mass is 32.2. The van der Waals surface area contributed by atoms with Crippen molar-refractivity contribution in [2.45, 2.75) is 25.4 Å². The number of non-ortho nitro benzene ring substituents is 1. The lowest BCUT2D eigenvalue weighted by molar-refractivity contribution is -0.384. The lowest BCUT2D eigenvalue weighted by atomic mass is 10.1. The Bertz CT molecular complexity index is 931. The number of aryl methyl sites for hydroxylation is 2. The molecule has 0 N–H and O–H groups in total. The minimum Gasteiger partial charge on any atom is -0.434 e. The van der Waals surface area contributed by atoms with E-state index in [0.717, 1.165) is 29.7 Å². The lowest BCUT2D eigenvalue weighted by Crippen LogP contribution is -2.05. The molecule has 0 amide bonds. The van der Waals surface area contributed by atoms with Gasteiger partial charge < -0.3 is 4.74 Å². The fourth-order valence-corrected chi connectivity index (χ4v) is 3.37. The molecule has 0 saturated heterocycles. The van der Waals surface area contributed by atoms with Gasteiger partial charge in [0.1, 0.15) is 5.75 Å². The summed E-state index contributed by atoms with van der Waals surface area (Å²) in [6, 6.07) is 7.54. The van der Waals surface area contributed by atoms with Crippen molar-refractivity contribution in [3.05, 3.63) is 68.6 Å². The Kier molecular flexibility index (Phi) is 5.71. The number of rotatable bonds is 6. The summed E-state index contributed by atoms with van der Waals surface area (Å²) in [6.45, 7) is 0.205. The number of alkyl halides is 2. The average Bonchev–Trinajstić information content (AvgIpc) is 2.56. The van der Waals surface area contributed by atoms with E-state index in [1.807, 2.05) is 0 Å². The molecule has 0 spiro atoms. The van der Waals surface area contributed by atoms with Gasteiger partial charge in [0.15, 0.2) is 9.84 Å². The number of benzene rings is 2. The molecule has 0 unspecified atom stereocenters.